The monoisotopic (exact) mass is 620 g/mol. The van der Waals surface area contributed by atoms with Crippen molar-refractivity contribution in [1.82, 2.24) is 10.2 Å². The molecule has 8 nitrogen and oxygen atoms in total. The number of ether oxygens (including phenoxy) is 1. The predicted molar refractivity (Wildman–Crippen MR) is 173 cm³/mol. The number of rotatable bonds is 18. The van der Waals surface area contributed by atoms with E-state index >= 15 is 0 Å². The molecule has 234 valence electrons. The molecule has 0 aliphatic carbocycles. The lowest BCUT2D eigenvalue weighted by Crippen LogP contribution is -2.72. The maximum absolute atomic E-state index is 13.8. The summed E-state index contributed by atoms with van der Waals surface area (Å²) in [5.41, 5.74) is 1.07. The van der Waals surface area contributed by atoms with E-state index in [0.29, 0.717) is 6.42 Å². The number of amides is 2. The van der Waals surface area contributed by atoms with Gasteiger partial charge >= 0.3 is 5.97 Å². The summed E-state index contributed by atoms with van der Waals surface area (Å²) in [6.45, 7) is 6.06. The molecule has 2 heterocycles. The van der Waals surface area contributed by atoms with E-state index in [4.69, 9.17) is 4.74 Å². The molecule has 1 aromatic rings. The van der Waals surface area contributed by atoms with Gasteiger partial charge in [0.25, 0.3) is 5.91 Å². The predicted octanol–water partition coefficient (Wildman–Crippen LogP) is 5.38. The average Bonchev–Trinajstić information content (AvgIpc) is 3.42. The number of nitrogens with zero attached hydrogens (tertiary/aromatic N) is 1. The summed E-state index contributed by atoms with van der Waals surface area (Å²) in [6, 6.07) is 8.41. The van der Waals surface area contributed by atoms with Crippen molar-refractivity contribution in [3.05, 3.63) is 35.9 Å². The third-order valence-corrected chi connectivity index (χ3v) is 14.3. The zero-order valence-electron chi connectivity index (χ0n) is 25.7. The molecule has 4 atom stereocenters. The molecule has 10 heteroatoms. The van der Waals surface area contributed by atoms with Gasteiger partial charge in [-0.25, -0.2) is 4.79 Å². The zero-order chi connectivity index (χ0) is 30.7. The topological polar surface area (TPSA) is 113 Å². The van der Waals surface area contributed by atoms with E-state index in [2.05, 4.69) is 26.1 Å². The highest BCUT2D eigenvalue weighted by atomic mass is 32.2. The molecule has 2 saturated heterocycles. The average molecular weight is 621 g/mol. The van der Waals surface area contributed by atoms with E-state index in [-0.39, 0.29) is 35.4 Å². The zero-order valence-corrected chi connectivity index (χ0v) is 27.4. The summed E-state index contributed by atoms with van der Waals surface area (Å²) >= 11 is 1.26. The van der Waals surface area contributed by atoms with Gasteiger partial charge in [0.1, 0.15) is 22.9 Å². The number of aliphatic carboxylic acids is 1. The first kappa shape index (κ1) is 34.4. The number of carboxylic acid groups (broad SMARTS) is 1. The maximum Gasteiger partial charge on any atom is 0.352 e. The van der Waals surface area contributed by atoms with E-state index in [0.717, 1.165) is 69.0 Å². The van der Waals surface area contributed by atoms with Crippen molar-refractivity contribution in [2.24, 2.45) is 0 Å². The molecule has 2 amide bonds. The van der Waals surface area contributed by atoms with Gasteiger partial charge < -0.3 is 15.2 Å². The van der Waals surface area contributed by atoms with Crippen LogP contribution in [0.1, 0.15) is 84.6 Å². The Morgan fingerprint density at radius 1 is 1.00 bits per heavy atom. The Kier molecular flexibility index (Phi) is 13.7. The molecule has 2 aliphatic heterocycles. The molecule has 2 fully saturated rings. The van der Waals surface area contributed by atoms with E-state index in [1.54, 1.807) is 0 Å². The fourth-order valence-electron chi connectivity index (χ4n) is 5.87. The van der Waals surface area contributed by atoms with Crippen molar-refractivity contribution in [3.8, 4) is 0 Å². The largest absolute Gasteiger partial charge is 0.477 e. The van der Waals surface area contributed by atoms with Crippen LogP contribution in [-0.4, -0.2) is 86.9 Å². The Bertz CT molecular complexity index is 1110. The summed E-state index contributed by atoms with van der Waals surface area (Å²) in [6.07, 6.45) is 9.12. The molecule has 2 N–H and O–H groups in total. The molecule has 2 aliphatic rings. The van der Waals surface area contributed by atoms with Crippen LogP contribution in [-0.2, 0) is 30.3 Å². The van der Waals surface area contributed by atoms with Crippen LogP contribution in [0.2, 0.25) is 0 Å². The number of Topliss-reactive ketones (excluding diaryl/α,β-unsaturated/α-hetero) is 1. The van der Waals surface area contributed by atoms with Crippen LogP contribution in [0.25, 0.3) is 0 Å². The van der Waals surface area contributed by atoms with Crippen LogP contribution in [0, 0.1) is 0 Å². The van der Waals surface area contributed by atoms with Crippen molar-refractivity contribution in [1.29, 1.82) is 0 Å². The Hall–Kier alpha value is -2.09. The molecular formula is C32H49N2O6PS. The molecule has 3 rings (SSSR count). The number of benzene rings is 1. The van der Waals surface area contributed by atoms with Crippen molar-refractivity contribution < 1.29 is 29.0 Å². The molecule has 0 radical (unpaired) electrons. The highest BCUT2D eigenvalue weighted by molar-refractivity contribution is 8.00. The second-order valence-corrected chi connectivity index (χ2v) is 16.8. The second-order valence-electron chi connectivity index (χ2n) is 11.6. The molecule has 0 saturated carbocycles. The van der Waals surface area contributed by atoms with Gasteiger partial charge in [0.05, 0.1) is 18.3 Å². The van der Waals surface area contributed by atoms with Gasteiger partial charge in [-0.3, -0.25) is 19.3 Å². The molecule has 0 spiro atoms. The summed E-state index contributed by atoms with van der Waals surface area (Å²) < 4.78 is 5.78. The first-order valence-corrected chi connectivity index (χ1v) is 19.0. The third-order valence-electron chi connectivity index (χ3n) is 8.24. The Balaban J connectivity index is 1.97. The molecule has 0 aromatic heterocycles. The number of hydrogen-bond acceptors (Lipinski definition) is 6. The fourth-order valence-corrected chi connectivity index (χ4v) is 12.4. The fraction of sp³-hybridized carbons (Fsp3) is 0.656. The van der Waals surface area contributed by atoms with Crippen LogP contribution in [0.15, 0.2) is 30.3 Å². The van der Waals surface area contributed by atoms with Gasteiger partial charge in [-0.15, -0.1) is 11.8 Å². The van der Waals surface area contributed by atoms with E-state index < -0.39 is 36.3 Å². The number of β-lactam (4-membered cyclic amide) rings is 1. The minimum Gasteiger partial charge on any atom is -0.477 e. The maximum atomic E-state index is 13.8. The molecule has 1 aromatic carbocycles. The van der Waals surface area contributed by atoms with Gasteiger partial charge in [-0.2, -0.15) is 0 Å². The van der Waals surface area contributed by atoms with Crippen LogP contribution < -0.4 is 5.32 Å². The van der Waals surface area contributed by atoms with Crippen LogP contribution >= 0.6 is 18.6 Å². The molecule has 0 bridgehead atoms. The molecule has 4 unspecified atom stereocenters. The van der Waals surface area contributed by atoms with E-state index in [1.807, 2.05) is 37.3 Å². The van der Waals surface area contributed by atoms with Gasteiger partial charge in [0.15, 0.2) is 5.78 Å². The Morgan fingerprint density at radius 3 is 2.10 bits per heavy atom. The standard InChI is InChI=1S/C32H49N2O6PS/c1-5-8-18-41(19-9-6-2,20-10-7-3)30(32(38)39)34-29(37)28(33-27(36)21-24-14-12-11-13-15-24)31(34)42-22-25(35)26-17-16-23(4)40-26/h11-15,23,26,28,31H,5-10,16-22H2,1-4H3,(H,33,36)(H,38,39). The number of hydrogen-bond donors (Lipinski definition) is 2. The first-order valence-electron chi connectivity index (χ1n) is 15.6. The quantitative estimate of drug-likeness (QED) is 0.167. The number of carbonyl (C=O) groups is 4. The van der Waals surface area contributed by atoms with Crippen LogP contribution in [0.4, 0.5) is 0 Å². The van der Waals surface area contributed by atoms with Crippen molar-refractivity contribution >= 4 is 47.6 Å². The van der Waals surface area contributed by atoms with Crippen molar-refractivity contribution in [3.63, 3.8) is 0 Å². The number of nitrogens with one attached hydrogen (secondary N) is 1. The minimum absolute atomic E-state index is 0.0313. The number of ketones is 1. The third kappa shape index (κ3) is 8.73. The highest BCUT2D eigenvalue weighted by Gasteiger charge is 2.53. The number of unbranched alkanes of at least 4 members (excludes halogenated alkanes) is 3. The summed E-state index contributed by atoms with van der Waals surface area (Å²) in [5, 5.41) is 13.0. The smallest absolute Gasteiger partial charge is 0.352 e. The molecule has 42 heavy (non-hydrogen) atoms. The number of carboxylic acids is 1. The highest BCUT2D eigenvalue weighted by Crippen LogP contribution is 2.54. The van der Waals surface area contributed by atoms with Gasteiger partial charge in [0, 0.05) is 0 Å². The summed E-state index contributed by atoms with van der Waals surface area (Å²) in [4.78, 5) is 54.5. The van der Waals surface area contributed by atoms with Crippen LogP contribution in [0.3, 0.4) is 0 Å². The van der Waals surface area contributed by atoms with E-state index in [1.165, 1.54) is 16.7 Å². The number of likely N-dealkylation sites (tertiary alicyclic amines) is 1. The van der Waals surface area contributed by atoms with Gasteiger partial charge in [-0.05, 0) is 63.1 Å². The minimum atomic E-state index is -2.21. The van der Waals surface area contributed by atoms with E-state index in [9.17, 15) is 24.3 Å². The first-order chi connectivity index (χ1) is 20.2. The lowest BCUT2D eigenvalue weighted by Gasteiger charge is -2.49. The second kappa shape index (κ2) is 16.7. The molecular weight excluding hydrogens is 571 g/mol. The Labute approximate surface area is 255 Å². The number of thioether (sulfide) groups is 1. The van der Waals surface area contributed by atoms with Gasteiger partial charge in [-0.1, -0.05) is 77.3 Å². The van der Waals surface area contributed by atoms with Crippen molar-refractivity contribution in [2.75, 3.05) is 24.2 Å². The lowest BCUT2D eigenvalue weighted by atomic mass is 10.1. The number of carbonyl (C=O) groups excluding carboxylic acids is 3. The van der Waals surface area contributed by atoms with Crippen molar-refractivity contribution in [2.45, 2.75) is 109 Å². The van der Waals surface area contributed by atoms with Gasteiger partial charge in [0.2, 0.25) is 5.91 Å². The summed E-state index contributed by atoms with van der Waals surface area (Å²) in [7, 11) is 0. The SMILES string of the molecule is CCCCP(CCCC)(CCCC)=C(C(=O)O)N1C(=O)C(NC(=O)Cc2ccccc2)C1SCC(=O)C1CCC(C)O1. The van der Waals surface area contributed by atoms with Crippen LogP contribution in [0.5, 0.6) is 0 Å². The normalized spacial score (nSPS) is 22.1. The Morgan fingerprint density at radius 2 is 1.60 bits per heavy atom. The summed E-state index contributed by atoms with van der Waals surface area (Å²) in [5.74, 6) is -1.70. The lowest BCUT2D eigenvalue weighted by molar-refractivity contribution is -0.144.